The van der Waals surface area contributed by atoms with Crippen LogP contribution in [-0.4, -0.2) is 51.7 Å². The van der Waals surface area contributed by atoms with Crippen LogP contribution in [-0.2, 0) is 13.3 Å². The van der Waals surface area contributed by atoms with Gasteiger partial charge in [0.2, 0.25) is 0 Å². The smallest absolute Gasteiger partial charge is 0.274 e. The van der Waals surface area contributed by atoms with Crippen molar-refractivity contribution in [3.63, 3.8) is 0 Å². The summed E-state index contributed by atoms with van der Waals surface area (Å²) in [5, 5.41) is 5.07. The van der Waals surface area contributed by atoms with Crippen molar-refractivity contribution in [2.24, 2.45) is 0 Å². The number of ether oxygens (including phenoxy) is 1. The van der Waals surface area contributed by atoms with Crippen LogP contribution < -0.4 is 4.74 Å². The molecule has 1 aliphatic rings. The van der Waals surface area contributed by atoms with Crippen molar-refractivity contribution in [3.05, 3.63) is 81.8 Å². The Kier molecular flexibility index (Phi) is 6.75. The van der Waals surface area contributed by atoms with E-state index in [1.165, 1.54) is 16.8 Å². The number of carbonyl (C=O) groups excluding carboxylic acids is 1. The van der Waals surface area contributed by atoms with Crippen LogP contribution in [0.1, 0.15) is 16.1 Å². The predicted molar refractivity (Wildman–Crippen MR) is 117 cm³/mol. The van der Waals surface area contributed by atoms with E-state index in [-0.39, 0.29) is 18.5 Å². The molecule has 0 saturated carbocycles. The van der Waals surface area contributed by atoms with Gasteiger partial charge >= 0.3 is 0 Å². The average Bonchev–Trinajstić information content (AvgIpc) is 3.25. The monoisotopic (exact) mass is 462 g/mol. The molecule has 1 amide bonds. The van der Waals surface area contributed by atoms with E-state index in [9.17, 15) is 9.18 Å². The van der Waals surface area contributed by atoms with Crippen molar-refractivity contribution in [2.75, 3.05) is 26.2 Å². The molecule has 0 N–H and O–H groups in total. The van der Waals surface area contributed by atoms with Crippen molar-refractivity contribution in [2.45, 2.75) is 13.3 Å². The highest BCUT2D eigenvalue weighted by Crippen LogP contribution is 2.31. The van der Waals surface area contributed by atoms with E-state index in [0.717, 1.165) is 25.2 Å². The summed E-state index contributed by atoms with van der Waals surface area (Å²) in [6.07, 6.45) is 1.69. The maximum absolute atomic E-state index is 13.1. The Hall–Kier alpha value is -2.61. The van der Waals surface area contributed by atoms with Crippen molar-refractivity contribution in [1.29, 1.82) is 0 Å². The van der Waals surface area contributed by atoms with E-state index in [1.54, 1.807) is 47.5 Å². The molecule has 3 aromatic rings. The van der Waals surface area contributed by atoms with Gasteiger partial charge in [0.1, 0.15) is 16.6 Å². The lowest BCUT2D eigenvalue weighted by molar-refractivity contribution is 0.0620. The van der Waals surface area contributed by atoms with Crippen molar-refractivity contribution in [3.8, 4) is 5.75 Å². The number of halogens is 3. The number of benzene rings is 2. The third kappa shape index (κ3) is 5.36. The van der Waals surface area contributed by atoms with Crippen LogP contribution in [0.5, 0.6) is 5.75 Å². The number of piperazine rings is 1. The SMILES string of the molecule is O=C(c1ccn(COc2cccc(Cl)c2Cl)n1)N1CCN(Cc2ccc(F)cc2)CC1. The van der Waals surface area contributed by atoms with Gasteiger partial charge in [-0.25, -0.2) is 9.07 Å². The van der Waals surface area contributed by atoms with Gasteiger partial charge < -0.3 is 9.64 Å². The number of carbonyl (C=O) groups is 1. The molecule has 0 unspecified atom stereocenters. The van der Waals surface area contributed by atoms with Crippen LogP contribution in [0.3, 0.4) is 0 Å². The molecule has 4 rings (SSSR count). The van der Waals surface area contributed by atoms with Crippen molar-refractivity contribution in [1.82, 2.24) is 19.6 Å². The third-order valence-corrected chi connectivity index (χ3v) is 5.91. The summed E-state index contributed by atoms with van der Waals surface area (Å²) in [5.74, 6) is 0.107. The molecule has 0 radical (unpaired) electrons. The number of aromatic nitrogens is 2. The molecular weight excluding hydrogens is 442 g/mol. The van der Waals surface area contributed by atoms with Crippen LogP contribution >= 0.6 is 23.2 Å². The molecule has 162 valence electrons. The van der Waals surface area contributed by atoms with E-state index in [1.807, 2.05) is 0 Å². The zero-order valence-electron chi connectivity index (χ0n) is 16.7. The third-order valence-electron chi connectivity index (χ3n) is 5.11. The van der Waals surface area contributed by atoms with Crippen LogP contribution in [0, 0.1) is 5.82 Å². The predicted octanol–water partition coefficient (Wildman–Crippen LogP) is 4.32. The summed E-state index contributed by atoms with van der Waals surface area (Å²) >= 11 is 12.1. The quantitative estimate of drug-likeness (QED) is 0.547. The highest BCUT2D eigenvalue weighted by molar-refractivity contribution is 6.42. The molecule has 0 spiro atoms. The summed E-state index contributed by atoms with van der Waals surface area (Å²) in [6.45, 7) is 3.57. The Morgan fingerprint density at radius 3 is 2.52 bits per heavy atom. The second-order valence-corrected chi connectivity index (χ2v) is 8.05. The van der Waals surface area contributed by atoms with Crippen molar-refractivity contribution < 1.29 is 13.9 Å². The molecular formula is C22H21Cl2FN4O2. The van der Waals surface area contributed by atoms with Gasteiger partial charge in [-0.3, -0.25) is 9.69 Å². The summed E-state index contributed by atoms with van der Waals surface area (Å²) < 4.78 is 20.2. The van der Waals surface area contributed by atoms with Crippen LogP contribution in [0.4, 0.5) is 4.39 Å². The van der Waals surface area contributed by atoms with Gasteiger partial charge in [0.05, 0.1) is 5.02 Å². The maximum Gasteiger partial charge on any atom is 0.274 e. The van der Waals surface area contributed by atoms with Gasteiger partial charge in [-0.15, -0.1) is 0 Å². The number of hydrogen-bond acceptors (Lipinski definition) is 4. The van der Waals surface area contributed by atoms with Gasteiger partial charge in [-0.2, -0.15) is 5.10 Å². The standard InChI is InChI=1S/C22H21Cl2FN4O2/c23-18-2-1-3-20(21(18)24)31-15-29-9-8-19(26-29)22(30)28-12-10-27(11-13-28)14-16-4-6-17(25)7-5-16/h1-9H,10-15H2. The van der Waals surface area contributed by atoms with E-state index in [4.69, 9.17) is 27.9 Å². The summed E-state index contributed by atoms with van der Waals surface area (Å²) in [7, 11) is 0. The first-order valence-electron chi connectivity index (χ1n) is 9.86. The molecule has 2 aromatic carbocycles. The molecule has 1 aromatic heterocycles. The van der Waals surface area contributed by atoms with Crippen LogP contribution in [0.15, 0.2) is 54.7 Å². The largest absolute Gasteiger partial charge is 0.470 e. The Morgan fingerprint density at radius 1 is 1.03 bits per heavy atom. The van der Waals surface area contributed by atoms with Gasteiger partial charge in [0.15, 0.2) is 12.4 Å². The molecule has 0 atom stereocenters. The molecule has 1 saturated heterocycles. The summed E-state index contributed by atoms with van der Waals surface area (Å²) in [4.78, 5) is 16.8. The lowest BCUT2D eigenvalue weighted by atomic mass is 10.2. The normalized spacial score (nSPS) is 14.6. The molecule has 9 heteroatoms. The first kappa shape index (κ1) is 21.6. The average molecular weight is 463 g/mol. The fourth-order valence-electron chi connectivity index (χ4n) is 3.40. The number of nitrogens with zero attached hydrogens (tertiary/aromatic N) is 4. The minimum atomic E-state index is -0.236. The zero-order chi connectivity index (χ0) is 21.8. The lowest BCUT2D eigenvalue weighted by Crippen LogP contribution is -2.48. The molecule has 6 nitrogen and oxygen atoms in total. The Labute approximate surface area is 189 Å². The number of hydrogen-bond donors (Lipinski definition) is 0. The Morgan fingerprint density at radius 2 is 1.77 bits per heavy atom. The second-order valence-electron chi connectivity index (χ2n) is 7.26. The van der Waals surface area contributed by atoms with Gasteiger partial charge in [0, 0.05) is 38.9 Å². The minimum Gasteiger partial charge on any atom is -0.470 e. The molecule has 2 heterocycles. The van der Waals surface area contributed by atoms with Gasteiger partial charge in [-0.05, 0) is 35.9 Å². The van der Waals surface area contributed by atoms with Crippen LogP contribution in [0.2, 0.25) is 10.0 Å². The molecule has 1 aliphatic heterocycles. The number of amides is 1. The van der Waals surface area contributed by atoms with E-state index >= 15 is 0 Å². The van der Waals surface area contributed by atoms with Gasteiger partial charge in [-0.1, -0.05) is 41.4 Å². The van der Waals surface area contributed by atoms with E-state index in [0.29, 0.717) is 34.6 Å². The fraction of sp³-hybridized carbons (Fsp3) is 0.273. The van der Waals surface area contributed by atoms with Crippen LogP contribution in [0.25, 0.3) is 0 Å². The van der Waals surface area contributed by atoms with Gasteiger partial charge in [0.25, 0.3) is 5.91 Å². The summed E-state index contributed by atoms with van der Waals surface area (Å²) in [6, 6.07) is 13.3. The zero-order valence-corrected chi connectivity index (χ0v) is 18.2. The second kappa shape index (κ2) is 9.68. The first-order chi connectivity index (χ1) is 15.0. The summed E-state index contributed by atoms with van der Waals surface area (Å²) in [5.41, 5.74) is 1.42. The molecule has 1 fully saturated rings. The minimum absolute atomic E-state index is 0.110. The van der Waals surface area contributed by atoms with E-state index < -0.39 is 0 Å². The highest BCUT2D eigenvalue weighted by Gasteiger charge is 2.23. The Bertz CT molecular complexity index is 1050. The number of rotatable bonds is 6. The highest BCUT2D eigenvalue weighted by atomic mass is 35.5. The first-order valence-corrected chi connectivity index (χ1v) is 10.6. The van der Waals surface area contributed by atoms with Crippen molar-refractivity contribution >= 4 is 29.1 Å². The molecule has 0 bridgehead atoms. The topological polar surface area (TPSA) is 50.6 Å². The Balaban J connectivity index is 1.29. The fourth-order valence-corrected chi connectivity index (χ4v) is 3.74. The van der Waals surface area contributed by atoms with E-state index in [2.05, 4.69) is 10.00 Å². The molecule has 31 heavy (non-hydrogen) atoms. The maximum atomic E-state index is 13.1. The molecule has 0 aliphatic carbocycles. The lowest BCUT2D eigenvalue weighted by Gasteiger charge is -2.34.